The van der Waals surface area contributed by atoms with Crippen LogP contribution in [-0.2, 0) is 14.8 Å². The molecule has 1 rings (SSSR count). The second kappa shape index (κ2) is 5.60. The molecular formula is C9H17NO5S. The Hall–Kier alpha value is -0.660. The van der Waals surface area contributed by atoms with Crippen molar-refractivity contribution in [3.63, 3.8) is 0 Å². The van der Waals surface area contributed by atoms with Crippen LogP contribution in [0.1, 0.15) is 25.7 Å². The van der Waals surface area contributed by atoms with Gasteiger partial charge in [-0.3, -0.25) is 4.79 Å². The van der Waals surface area contributed by atoms with Crippen LogP contribution in [0.15, 0.2) is 0 Å². The van der Waals surface area contributed by atoms with Gasteiger partial charge < -0.3 is 10.2 Å². The summed E-state index contributed by atoms with van der Waals surface area (Å²) < 4.78 is 24.7. The van der Waals surface area contributed by atoms with Crippen LogP contribution in [0.25, 0.3) is 0 Å². The summed E-state index contributed by atoms with van der Waals surface area (Å²) in [5.41, 5.74) is 0. The zero-order valence-electron chi connectivity index (χ0n) is 9.00. The Balaban J connectivity index is 2.69. The molecule has 1 aliphatic carbocycles. The quantitative estimate of drug-likeness (QED) is 0.644. The van der Waals surface area contributed by atoms with E-state index >= 15 is 0 Å². The van der Waals surface area contributed by atoms with Gasteiger partial charge in [-0.25, -0.2) is 8.42 Å². The number of nitrogens with zero attached hydrogens (tertiary/aromatic N) is 1. The minimum Gasteiger partial charge on any atom is -0.480 e. The summed E-state index contributed by atoms with van der Waals surface area (Å²) in [7, 11) is -3.73. The van der Waals surface area contributed by atoms with Crippen molar-refractivity contribution in [2.75, 3.05) is 18.9 Å². The van der Waals surface area contributed by atoms with Gasteiger partial charge in [0.15, 0.2) is 5.75 Å². The standard InChI is InChI=1S/C9H17NO5S/c11-6-2-5-10(8-3-1-4-8)16(14,15)7-9(12)13/h8,11H,1-7H2,(H,12,13). The van der Waals surface area contributed by atoms with E-state index in [-0.39, 0.29) is 19.2 Å². The molecule has 0 radical (unpaired) electrons. The lowest BCUT2D eigenvalue weighted by Gasteiger charge is -2.36. The molecule has 1 fully saturated rings. The highest BCUT2D eigenvalue weighted by Crippen LogP contribution is 2.27. The number of aliphatic hydroxyl groups is 1. The maximum Gasteiger partial charge on any atom is 0.320 e. The van der Waals surface area contributed by atoms with Gasteiger partial charge in [0.25, 0.3) is 0 Å². The van der Waals surface area contributed by atoms with Gasteiger partial charge in [-0.15, -0.1) is 0 Å². The molecule has 0 aromatic carbocycles. The maximum atomic E-state index is 11.7. The van der Waals surface area contributed by atoms with Gasteiger partial charge >= 0.3 is 5.97 Å². The summed E-state index contributed by atoms with van der Waals surface area (Å²) in [6.07, 6.45) is 2.88. The van der Waals surface area contributed by atoms with Crippen LogP contribution in [0, 0.1) is 0 Å². The van der Waals surface area contributed by atoms with Crippen molar-refractivity contribution >= 4 is 16.0 Å². The molecule has 0 aromatic rings. The van der Waals surface area contributed by atoms with Crippen LogP contribution in [0.4, 0.5) is 0 Å². The van der Waals surface area contributed by atoms with Crippen molar-refractivity contribution in [1.82, 2.24) is 4.31 Å². The molecule has 6 nitrogen and oxygen atoms in total. The minimum absolute atomic E-state index is 0.0732. The first-order chi connectivity index (χ1) is 7.47. The normalized spacial score (nSPS) is 17.4. The molecule has 0 bridgehead atoms. The number of carboxylic acid groups (broad SMARTS) is 1. The molecule has 1 aliphatic rings. The molecule has 0 amide bonds. The van der Waals surface area contributed by atoms with Crippen LogP contribution in [0.3, 0.4) is 0 Å². The first-order valence-electron chi connectivity index (χ1n) is 5.29. The van der Waals surface area contributed by atoms with Gasteiger partial charge in [-0.1, -0.05) is 6.42 Å². The zero-order valence-corrected chi connectivity index (χ0v) is 9.82. The fraction of sp³-hybridized carbons (Fsp3) is 0.889. The van der Waals surface area contributed by atoms with Crippen molar-refractivity contribution in [3.8, 4) is 0 Å². The third-order valence-electron chi connectivity index (χ3n) is 2.68. The highest BCUT2D eigenvalue weighted by molar-refractivity contribution is 7.89. The average Bonchev–Trinajstić information content (AvgIpc) is 2.06. The van der Waals surface area contributed by atoms with Crippen LogP contribution in [0.5, 0.6) is 0 Å². The summed E-state index contributed by atoms with van der Waals surface area (Å²) in [6, 6.07) is -0.0732. The first-order valence-corrected chi connectivity index (χ1v) is 6.90. The van der Waals surface area contributed by atoms with Gasteiger partial charge in [-0.05, 0) is 19.3 Å². The van der Waals surface area contributed by atoms with Crippen molar-refractivity contribution in [1.29, 1.82) is 0 Å². The fourth-order valence-corrected chi connectivity index (χ4v) is 3.24. The van der Waals surface area contributed by atoms with E-state index in [9.17, 15) is 13.2 Å². The summed E-state index contributed by atoms with van der Waals surface area (Å²) in [4.78, 5) is 10.5. The summed E-state index contributed by atoms with van der Waals surface area (Å²) in [5, 5.41) is 17.2. The number of hydrogen-bond donors (Lipinski definition) is 2. The van der Waals surface area contributed by atoms with Crippen molar-refractivity contribution in [2.24, 2.45) is 0 Å². The largest absolute Gasteiger partial charge is 0.480 e. The molecule has 0 heterocycles. The highest BCUT2D eigenvalue weighted by atomic mass is 32.2. The minimum atomic E-state index is -3.73. The monoisotopic (exact) mass is 251 g/mol. The third kappa shape index (κ3) is 3.43. The maximum absolute atomic E-state index is 11.7. The molecule has 94 valence electrons. The Kier molecular flexibility index (Phi) is 4.69. The first kappa shape index (κ1) is 13.4. The van der Waals surface area contributed by atoms with E-state index in [1.165, 1.54) is 4.31 Å². The Morgan fingerprint density at radius 2 is 2.00 bits per heavy atom. The van der Waals surface area contributed by atoms with E-state index in [2.05, 4.69) is 0 Å². The Labute approximate surface area is 94.9 Å². The second-order valence-electron chi connectivity index (χ2n) is 3.92. The molecule has 0 aromatic heterocycles. The van der Waals surface area contributed by atoms with Crippen LogP contribution >= 0.6 is 0 Å². The molecule has 0 unspecified atom stereocenters. The number of carboxylic acids is 1. The molecule has 2 N–H and O–H groups in total. The van der Waals surface area contributed by atoms with E-state index in [0.717, 1.165) is 19.3 Å². The second-order valence-corrected chi connectivity index (χ2v) is 5.84. The van der Waals surface area contributed by atoms with E-state index in [1.54, 1.807) is 0 Å². The summed E-state index contributed by atoms with van der Waals surface area (Å²) in [6.45, 7) is 0.114. The molecule has 16 heavy (non-hydrogen) atoms. The predicted molar refractivity (Wildman–Crippen MR) is 57.5 cm³/mol. The smallest absolute Gasteiger partial charge is 0.320 e. The molecule has 1 saturated carbocycles. The molecule has 0 saturated heterocycles. The Morgan fingerprint density at radius 3 is 2.38 bits per heavy atom. The van der Waals surface area contributed by atoms with Crippen molar-refractivity contribution < 1.29 is 23.4 Å². The molecule has 0 atom stereocenters. The zero-order chi connectivity index (χ0) is 12.2. The van der Waals surface area contributed by atoms with Gasteiger partial charge in [0, 0.05) is 19.2 Å². The SMILES string of the molecule is O=C(O)CS(=O)(=O)N(CCCO)C1CCC1. The van der Waals surface area contributed by atoms with E-state index in [4.69, 9.17) is 10.2 Å². The molecule has 7 heteroatoms. The lowest BCUT2D eigenvalue weighted by molar-refractivity contribution is -0.134. The third-order valence-corrected chi connectivity index (χ3v) is 4.49. The lowest BCUT2D eigenvalue weighted by atomic mass is 9.93. The lowest BCUT2D eigenvalue weighted by Crippen LogP contribution is -2.46. The Morgan fingerprint density at radius 1 is 1.38 bits per heavy atom. The Bertz CT molecular complexity index is 336. The average molecular weight is 251 g/mol. The van der Waals surface area contributed by atoms with Crippen molar-refractivity contribution in [2.45, 2.75) is 31.7 Å². The highest BCUT2D eigenvalue weighted by Gasteiger charge is 2.34. The summed E-state index contributed by atoms with van der Waals surface area (Å²) >= 11 is 0. The number of rotatable bonds is 7. The van der Waals surface area contributed by atoms with Gasteiger partial charge in [-0.2, -0.15) is 4.31 Å². The van der Waals surface area contributed by atoms with E-state index < -0.39 is 21.7 Å². The van der Waals surface area contributed by atoms with Gasteiger partial charge in [0.05, 0.1) is 0 Å². The van der Waals surface area contributed by atoms with Crippen LogP contribution in [0.2, 0.25) is 0 Å². The number of aliphatic hydroxyl groups excluding tert-OH is 1. The molecular weight excluding hydrogens is 234 g/mol. The topological polar surface area (TPSA) is 94.9 Å². The predicted octanol–water partition coefficient (Wildman–Crippen LogP) is -0.362. The van der Waals surface area contributed by atoms with Gasteiger partial charge in [0.1, 0.15) is 0 Å². The number of aliphatic carboxylic acids is 1. The summed E-state index contributed by atoms with van der Waals surface area (Å²) in [5.74, 6) is -2.21. The van der Waals surface area contributed by atoms with E-state index in [0.29, 0.717) is 6.42 Å². The van der Waals surface area contributed by atoms with Crippen LogP contribution < -0.4 is 0 Å². The van der Waals surface area contributed by atoms with Crippen molar-refractivity contribution in [3.05, 3.63) is 0 Å². The molecule has 0 aliphatic heterocycles. The fourth-order valence-electron chi connectivity index (χ4n) is 1.69. The number of hydrogen-bond acceptors (Lipinski definition) is 4. The number of carbonyl (C=O) groups is 1. The number of sulfonamides is 1. The molecule has 0 spiro atoms. The van der Waals surface area contributed by atoms with Gasteiger partial charge in [0.2, 0.25) is 10.0 Å². The van der Waals surface area contributed by atoms with E-state index in [1.807, 2.05) is 0 Å². The van der Waals surface area contributed by atoms with Crippen LogP contribution in [-0.4, -0.2) is 53.9 Å².